The molecule has 1 amide bonds. The highest BCUT2D eigenvalue weighted by Gasteiger charge is 2.08. The van der Waals surface area contributed by atoms with Crippen LogP contribution < -0.4 is 10.1 Å². The van der Waals surface area contributed by atoms with Gasteiger partial charge < -0.3 is 10.1 Å². The number of benzene rings is 2. The van der Waals surface area contributed by atoms with Crippen LogP contribution in [0.15, 0.2) is 36.4 Å². The summed E-state index contributed by atoms with van der Waals surface area (Å²) in [4.78, 5) is 12.1. The van der Waals surface area contributed by atoms with E-state index in [1.54, 1.807) is 25.3 Å². The summed E-state index contributed by atoms with van der Waals surface area (Å²) < 4.78 is 5.08. The van der Waals surface area contributed by atoms with E-state index in [4.69, 9.17) is 16.3 Å². The van der Waals surface area contributed by atoms with Crippen LogP contribution in [-0.4, -0.2) is 13.0 Å². The maximum Gasteiger partial charge on any atom is 0.228 e. The van der Waals surface area contributed by atoms with Gasteiger partial charge in [-0.1, -0.05) is 35.4 Å². The number of halogens is 1. The van der Waals surface area contributed by atoms with Gasteiger partial charge in [0.25, 0.3) is 0 Å². The van der Waals surface area contributed by atoms with Crippen molar-refractivity contribution in [1.29, 1.82) is 0 Å². The summed E-state index contributed by atoms with van der Waals surface area (Å²) in [5.74, 6) is 0.522. The van der Waals surface area contributed by atoms with Gasteiger partial charge in [-0.05, 0) is 43.2 Å². The maximum absolute atomic E-state index is 12.1. The third-order valence-corrected chi connectivity index (χ3v) is 3.59. The molecule has 0 aromatic heterocycles. The van der Waals surface area contributed by atoms with Crippen molar-refractivity contribution in [3.8, 4) is 5.75 Å². The highest BCUT2D eigenvalue weighted by molar-refractivity contribution is 6.32. The molecule has 21 heavy (non-hydrogen) atoms. The number of hydrogen-bond acceptors (Lipinski definition) is 2. The van der Waals surface area contributed by atoms with Gasteiger partial charge in [-0.25, -0.2) is 0 Å². The van der Waals surface area contributed by atoms with E-state index in [-0.39, 0.29) is 5.91 Å². The number of rotatable bonds is 4. The van der Waals surface area contributed by atoms with Crippen LogP contribution >= 0.6 is 11.6 Å². The fraction of sp³-hybridized carbons (Fsp3) is 0.235. The number of nitrogens with one attached hydrogen (secondary N) is 1. The molecule has 0 spiro atoms. The molecule has 0 atom stereocenters. The number of hydrogen-bond donors (Lipinski definition) is 1. The van der Waals surface area contributed by atoms with E-state index in [1.165, 1.54) is 0 Å². The molecule has 0 fully saturated rings. The van der Waals surface area contributed by atoms with Crippen molar-refractivity contribution >= 4 is 23.2 Å². The molecule has 0 aliphatic carbocycles. The topological polar surface area (TPSA) is 38.3 Å². The van der Waals surface area contributed by atoms with E-state index in [9.17, 15) is 4.79 Å². The molecule has 3 nitrogen and oxygen atoms in total. The SMILES string of the molecule is COc1ccc(NC(=O)Cc2cc(C)ccc2C)cc1Cl. The number of aryl methyl sites for hydroxylation is 2. The zero-order valence-electron chi connectivity index (χ0n) is 12.4. The number of carbonyl (C=O) groups is 1. The van der Waals surface area contributed by atoms with Crippen molar-refractivity contribution in [2.24, 2.45) is 0 Å². The Morgan fingerprint density at radius 1 is 1.19 bits per heavy atom. The van der Waals surface area contributed by atoms with Gasteiger partial charge >= 0.3 is 0 Å². The van der Waals surface area contributed by atoms with Crippen LogP contribution in [0.3, 0.4) is 0 Å². The minimum Gasteiger partial charge on any atom is -0.495 e. The highest BCUT2D eigenvalue weighted by atomic mass is 35.5. The molecule has 0 heterocycles. The normalized spacial score (nSPS) is 10.3. The summed E-state index contributed by atoms with van der Waals surface area (Å²) >= 11 is 6.04. The van der Waals surface area contributed by atoms with Gasteiger partial charge in [0, 0.05) is 5.69 Å². The summed E-state index contributed by atoms with van der Waals surface area (Å²) in [5.41, 5.74) is 3.96. The first-order valence-electron chi connectivity index (χ1n) is 6.69. The predicted octanol–water partition coefficient (Wildman–Crippen LogP) is 4.15. The van der Waals surface area contributed by atoms with Gasteiger partial charge in [-0.15, -0.1) is 0 Å². The van der Waals surface area contributed by atoms with Crippen LogP contribution in [-0.2, 0) is 11.2 Å². The van der Waals surface area contributed by atoms with Crippen LogP contribution in [0.2, 0.25) is 5.02 Å². The van der Waals surface area contributed by atoms with Crippen molar-refractivity contribution in [1.82, 2.24) is 0 Å². The Kier molecular flexibility index (Phi) is 4.86. The molecule has 4 heteroatoms. The van der Waals surface area contributed by atoms with Crippen LogP contribution in [0.1, 0.15) is 16.7 Å². The molecule has 0 saturated carbocycles. The first-order valence-corrected chi connectivity index (χ1v) is 7.07. The number of ether oxygens (including phenoxy) is 1. The van der Waals surface area contributed by atoms with Gasteiger partial charge in [0.1, 0.15) is 5.75 Å². The lowest BCUT2D eigenvalue weighted by Gasteiger charge is -2.10. The second-order valence-electron chi connectivity index (χ2n) is 5.00. The van der Waals surface area contributed by atoms with E-state index in [2.05, 4.69) is 5.32 Å². The second kappa shape index (κ2) is 6.64. The van der Waals surface area contributed by atoms with Gasteiger partial charge in [-0.3, -0.25) is 4.79 Å². The average molecular weight is 304 g/mol. The van der Waals surface area contributed by atoms with E-state index >= 15 is 0 Å². The Hall–Kier alpha value is -2.00. The van der Waals surface area contributed by atoms with Crippen molar-refractivity contribution in [3.63, 3.8) is 0 Å². The Morgan fingerprint density at radius 3 is 2.62 bits per heavy atom. The monoisotopic (exact) mass is 303 g/mol. The molecule has 0 saturated heterocycles. The van der Waals surface area contributed by atoms with Gasteiger partial charge in [0.05, 0.1) is 18.6 Å². The summed E-state index contributed by atoms with van der Waals surface area (Å²) in [6.07, 6.45) is 0.344. The molecule has 0 radical (unpaired) electrons. The smallest absolute Gasteiger partial charge is 0.228 e. The lowest BCUT2D eigenvalue weighted by Crippen LogP contribution is -2.15. The first-order chi connectivity index (χ1) is 9.99. The molecular formula is C17H18ClNO2. The Bertz CT molecular complexity index is 668. The molecular weight excluding hydrogens is 286 g/mol. The zero-order chi connectivity index (χ0) is 15.4. The third-order valence-electron chi connectivity index (χ3n) is 3.29. The summed E-state index contributed by atoms with van der Waals surface area (Å²) in [7, 11) is 1.56. The molecule has 2 aromatic carbocycles. The van der Waals surface area contributed by atoms with Crippen LogP contribution in [0, 0.1) is 13.8 Å². The molecule has 0 bridgehead atoms. The van der Waals surface area contributed by atoms with Crippen molar-refractivity contribution in [2.75, 3.05) is 12.4 Å². The third kappa shape index (κ3) is 3.99. The number of carbonyl (C=O) groups excluding carboxylic acids is 1. The van der Waals surface area contributed by atoms with Gasteiger partial charge in [0.15, 0.2) is 0 Å². The van der Waals surface area contributed by atoms with Crippen LogP contribution in [0.4, 0.5) is 5.69 Å². The summed E-state index contributed by atoms with van der Waals surface area (Å²) in [6.45, 7) is 4.02. The Morgan fingerprint density at radius 2 is 1.95 bits per heavy atom. The van der Waals surface area contributed by atoms with Gasteiger partial charge in [-0.2, -0.15) is 0 Å². The minimum absolute atomic E-state index is 0.0649. The molecule has 2 aromatic rings. The molecule has 0 unspecified atom stereocenters. The van der Waals surface area contributed by atoms with E-state index in [0.29, 0.717) is 22.9 Å². The largest absolute Gasteiger partial charge is 0.495 e. The van der Waals surface area contributed by atoms with E-state index in [0.717, 1.165) is 16.7 Å². The average Bonchev–Trinajstić information content (AvgIpc) is 2.43. The number of methoxy groups -OCH3 is 1. The standard InChI is InChI=1S/C17H18ClNO2/c1-11-4-5-12(2)13(8-11)9-17(20)19-14-6-7-16(21-3)15(18)10-14/h4-8,10H,9H2,1-3H3,(H,19,20). The van der Waals surface area contributed by atoms with E-state index in [1.807, 2.05) is 32.0 Å². The Balaban J connectivity index is 2.08. The summed E-state index contributed by atoms with van der Waals surface area (Å²) in [6, 6.07) is 11.3. The highest BCUT2D eigenvalue weighted by Crippen LogP contribution is 2.27. The molecule has 0 aliphatic heterocycles. The Labute approximate surface area is 129 Å². The fourth-order valence-corrected chi connectivity index (χ4v) is 2.37. The minimum atomic E-state index is -0.0649. The van der Waals surface area contributed by atoms with Crippen LogP contribution in [0.25, 0.3) is 0 Å². The lowest BCUT2D eigenvalue weighted by molar-refractivity contribution is -0.115. The van der Waals surface area contributed by atoms with Crippen LogP contribution in [0.5, 0.6) is 5.75 Å². The molecule has 1 N–H and O–H groups in total. The van der Waals surface area contributed by atoms with E-state index < -0.39 is 0 Å². The number of amides is 1. The van der Waals surface area contributed by atoms with Crippen molar-refractivity contribution < 1.29 is 9.53 Å². The first kappa shape index (κ1) is 15.4. The zero-order valence-corrected chi connectivity index (χ0v) is 13.1. The lowest BCUT2D eigenvalue weighted by atomic mass is 10.0. The maximum atomic E-state index is 12.1. The number of anilines is 1. The molecule has 0 aliphatic rings. The second-order valence-corrected chi connectivity index (χ2v) is 5.41. The quantitative estimate of drug-likeness (QED) is 0.921. The van der Waals surface area contributed by atoms with Crippen molar-refractivity contribution in [2.45, 2.75) is 20.3 Å². The summed E-state index contributed by atoms with van der Waals surface area (Å²) in [5, 5.41) is 3.32. The van der Waals surface area contributed by atoms with Gasteiger partial charge in [0.2, 0.25) is 5.91 Å². The predicted molar refractivity (Wildman–Crippen MR) is 86.3 cm³/mol. The van der Waals surface area contributed by atoms with Crippen molar-refractivity contribution in [3.05, 3.63) is 58.1 Å². The molecule has 110 valence electrons. The fourth-order valence-electron chi connectivity index (χ4n) is 2.11. The molecule has 2 rings (SSSR count).